The maximum atomic E-state index is 14.1. The van der Waals surface area contributed by atoms with E-state index < -0.39 is 5.91 Å². The number of hydrogen-bond donors (Lipinski definition) is 2. The summed E-state index contributed by atoms with van der Waals surface area (Å²) < 4.78 is 15.6. The van der Waals surface area contributed by atoms with Crippen molar-refractivity contribution in [1.29, 1.82) is 0 Å². The fraction of sp³-hybridized carbons (Fsp3) is 0.160. The molecule has 36 heavy (non-hydrogen) atoms. The predicted octanol–water partition coefficient (Wildman–Crippen LogP) is 5.16. The first kappa shape index (κ1) is 23.9. The van der Waals surface area contributed by atoms with E-state index in [9.17, 15) is 9.18 Å². The van der Waals surface area contributed by atoms with E-state index in [-0.39, 0.29) is 33.9 Å². The molecule has 1 atom stereocenters. The molecule has 0 unspecified atom stereocenters. The zero-order valence-electron chi connectivity index (χ0n) is 19.3. The van der Waals surface area contributed by atoms with Crippen LogP contribution in [0, 0.1) is 19.7 Å². The van der Waals surface area contributed by atoms with E-state index in [0.717, 1.165) is 16.9 Å². The summed E-state index contributed by atoms with van der Waals surface area (Å²) in [6, 6.07) is 11.3. The van der Waals surface area contributed by atoms with Gasteiger partial charge in [0.2, 0.25) is 0 Å². The molecule has 11 heteroatoms. The van der Waals surface area contributed by atoms with Crippen LogP contribution in [-0.2, 0) is 0 Å². The summed E-state index contributed by atoms with van der Waals surface area (Å²) in [6.45, 7) is 3.75. The highest BCUT2D eigenvalue weighted by Gasteiger charge is 2.21. The van der Waals surface area contributed by atoms with Crippen molar-refractivity contribution in [2.45, 2.75) is 19.8 Å². The van der Waals surface area contributed by atoms with Crippen molar-refractivity contribution in [2.75, 3.05) is 6.54 Å². The number of amides is 1. The number of carbonyl (C=O) groups excluding carboxylic acids is 1. The number of imidazole rings is 1. The van der Waals surface area contributed by atoms with Crippen LogP contribution < -0.4 is 5.32 Å². The molecule has 0 aliphatic rings. The molecule has 8 nitrogen and oxygen atoms in total. The number of aromatic amines is 1. The average molecular weight is 524 g/mol. The Hall–Kier alpha value is -3.82. The molecule has 182 valence electrons. The Bertz CT molecular complexity index is 1570. The number of fused-ring (bicyclic) bond motifs is 1. The van der Waals surface area contributed by atoms with E-state index in [0.29, 0.717) is 22.7 Å². The molecule has 0 spiro atoms. The topological polar surface area (TPSA) is 101 Å². The molecule has 2 N–H and O–H groups in total. The Labute approximate surface area is 215 Å². The summed E-state index contributed by atoms with van der Waals surface area (Å²) in [6.07, 6.45) is 3.21. The van der Waals surface area contributed by atoms with Crippen molar-refractivity contribution in [1.82, 2.24) is 35.0 Å². The van der Waals surface area contributed by atoms with Crippen LogP contribution in [0.2, 0.25) is 10.0 Å². The molecule has 0 aliphatic heterocycles. The summed E-state index contributed by atoms with van der Waals surface area (Å²) in [5.74, 6) is 0.101. The highest BCUT2D eigenvalue weighted by Crippen LogP contribution is 2.30. The molecule has 0 fully saturated rings. The van der Waals surface area contributed by atoms with Crippen LogP contribution in [0.4, 0.5) is 4.39 Å². The molecule has 5 rings (SSSR count). The number of nitrogens with one attached hydrogen (secondary N) is 2. The molecular formula is C25H20Cl2FN7O. The summed E-state index contributed by atoms with van der Waals surface area (Å²) in [7, 11) is 0. The van der Waals surface area contributed by atoms with E-state index in [1.807, 2.05) is 13.0 Å². The molecule has 3 heterocycles. The monoisotopic (exact) mass is 523 g/mol. The minimum absolute atomic E-state index is 0.134. The quantitative estimate of drug-likeness (QED) is 0.320. The van der Waals surface area contributed by atoms with Gasteiger partial charge in [-0.1, -0.05) is 35.3 Å². The molecule has 0 radical (unpaired) electrons. The third-order valence-corrected chi connectivity index (χ3v) is 6.32. The molecule has 0 saturated carbocycles. The van der Waals surface area contributed by atoms with Gasteiger partial charge in [-0.05, 0) is 55.3 Å². The number of rotatable bonds is 6. The fourth-order valence-corrected chi connectivity index (χ4v) is 4.69. The normalized spacial score (nSPS) is 12.1. The lowest BCUT2D eigenvalue weighted by atomic mass is 9.92. The lowest BCUT2D eigenvalue weighted by molar-refractivity contribution is 0.0952. The molecular weight excluding hydrogens is 504 g/mol. The van der Waals surface area contributed by atoms with E-state index in [4.69, 9.17) is 23.2 Å². The Morgan fingerprint density at radius 1 is 1.11 bits per heavy atom. The number of pyridine rings is 1. The minimum Gasteiger partial charge on any atom is -0.351 e. The summed E-state index contributed by atoms with van der Waals surface area (Å²) in [5, 5.41) is 7.47. The van der Waals surface area contributed by atoms with Crippen molar-refractivity contribution >= 4 is 40.3 Å². The van der Waals surface area contributed by atoms with Crippen LogP contribution in [-0.4, -0.2) is 42.2 Å². The van der Waals surface area contributed by atoms with Gasteiger partial charge in [0.05, 0.1) is 26.8 Å². The van der Waals surface area contributed by atoms with Crippen LogP contribution in [0.5, 0.6) is 0 Å². The van der Waals surface area contributed by atoms with Gasteiger partial charge in [-0.2, -0.15) is 5.10 Å². The van der Waals surface area contributed by atoms with Crippen molar-refractivity contribution in [3.8, 4) is 5.69 Å². The van der Waals surface area contributed by atoms with Crippen molar-refractivity contribution in [2.24, 2.45) is 0 Å². The van der Waals surface area contributed by atoms with Crippen LogP contribution >= 0.6 is 23.2 Å². The van der Waals surface area contributed by atoms with Gasteiger partial charge < -0.3 is 10.3 Å². The second kappa shape index (κ2) is 9.67. The third kappa shape index (κ3) is 4.80. The number of halogens is 3. The first-order chi connectivity index (χ1) is 17.3. The number of carbonyl (C=O) groups is 1. The van der Waals surface area contributed by atoms with Gasteiger partial charge in [0, 0.05) is 18.7 Å². The maximum Gasteiger partial charge on any atom is 0.254 e. The lowest BCUT2D eigenvalue weighted by Gasteiger charge is -2.19. The lowest BCUT2D eigenvalue weighted by Crippen LogP contribution is -2.29. The number of nitrogens with zero attached hydrogens (tertiary/aromatic N) is 5. The van der Waals surface area contributed by atoms with Gasteiger partial charge in [0.15, 0.2) is 5.65 Å². The summed E-state index contributed by atoms with van der Waals surface area (Å²) in [5.41, 5.74) is 3.51. The second-order valence-corrected chi connectivity index (χ2v) is 9.11. The Kier molecular flexibility index (Phi) is 6.42. The van der Waals surface area contributed by atoms with E-state index in [1.165, 1.54) is 23.1 Å². The molecule has 0 aliphatic carbocycles. The fourth-order valence-electron chi connectivity index (χ4n) is 4.04. The first-order valence-electron chi connectivity index (χ1n) is 11.0. The number of hydrogen-bond acceptors (Lipinski definition) is 5. The predicted molar refractivity (Wildman–Crippen MR) is 135 cm³/mol. The van der Waals surface area contributed by atoms with Gasteiger partial charge in [-0.15, -0.1) is 0 Å². The van der Waals surface area contributed by atoms with Crippen molar-refractivity contribution < 1.29 is 9.18 Å². The molecule has 0 bridgehead atoms. The van der Waals surface area contributed by atoms with Gasteiger partial charge in [0.1, 0.15) is 23.8 Å². The van der Waals surface area contributed by atoms with Crippen LogP contribution in [0.15, 0.2) is 55.0 Å². The molecule has 0 saturated heterocycles. The standard InChI is InChI=1S/C25H20Cl2FN7O/c1-13-31-12-35(34-13)18-8-20(26)23(21(27)9-18)25(36)30-11-19(15-4-3-5-17(28)6-15)16-7-22-24(29-10-16)33-14(2)32-22/h3-10,12,19H,11H2,1-2H3,(H,30,36)(H,29,32,33)/t19-/m0/s1. The Morgan fingerprint density at radius 3 is 2.58 bits per heavy atom. The van der Waals surface area contributed by atoms with Gasteiger partial charge in [-0.25, -0.2) is 24.0 Å². The number of H-pyrrole nitrogens is 1. The summed E-state index contributed by atoms with van der Waals surface area (Å²) in [4.78, 5) is 29.2. The van der Waals surface area contributed by atoms with Crippen LogP contribution in [0.3, 0.4) is 0 Å². The molecule has 1 amide bonds. The van der Waals surface area contributed by atoms with Crippen molar-refractivity contribution in [3.05, 3.63) is 99.2 Å². The van der Waals surface area contributed by atoms with Gasteiger partial charge in [0.25, 0.3) is 5.91 Å². The van der Waals surface area contributed by atoms with Crippen LogP contribution in [0.25, 0.3) is 16.9 Å². The van der Waals surface area contributed by atoms with E-state index in [1.54, 1.807) is 37.4 Å². The molecule has 2 aromatic carbocycles. The second-order valence-electron chi connectivity index (χ2n) is 8.30. The number of aryl methyl sites for hydroxylation is 2. The Morgan fingerprint density at radius 2 is 1.89 bits per heavy atom. The average Bonchev–Trinajstić information content (AvgIpc) is 3.43. The van der Waals surface area contributed by atoms with E-state index >= 15 is 0 Å². The minimum atomic E-state index is -0.459. The van der Waals surface area contributed by atoms with Gasteiger partial charge >= 0.3 is 0 Å². The van der Waals surface area contributed by atoms with Crippen molar-refractivity contribution in [3.63, 3.8) is 0 Å². The highest BCUT2D eigenvalue weighted by atomic mass is 35.5. The van der Waals surface area contributed by atoms with Crippen LogP contribution in [0.1, 0.15) is 39.1 Å². The number of aromatic nitrogens is 6. The summed E-state index contributed by atoms with van der Waals surface area (Å²) >= 11 is 12.9. The zero-order chi connectivity index (χ0) is 25.4. The zero-order valence-corrected chi connectivity index (χ0v) is 20.8. The highest BCUT2D eigenvalue weighted by molar-refractivity contribution is 6.40. The number of benzene rings is 2. The van der Waals surface area contributed by atoms with E-state index in [2.05, 4.69) is 30.4 Å². The third-order valence-electron chi connectivity index (χ3n) is 5.72. The smallest absolute Gasteiger partial charge is 0.254 e. The largest absolute Gasteiger partial charge is 0.351 e. The first-order valence-corrected chi connectivity index (χ1v) is 11.8. The molecule has 5 aromatic rings. The van der Waals surface area contributed by atoms with Gasteiger partial charge in [-0.3, -0.25) is 4.79 Å². The molecule has 3 aromatic heterocycles. The SMILES string of the molecule is Cc1ncn(-c2cc(Cl)c(C(=O)NC[C@@H](c3cccc(F)c3)c3cnc4nc(C)[nH]c4c3)c(Cl)c2)n1. The maximum absolute atomic E-state index is 14.1. The Balaban J connectivity index is 1.44.